The average Bonchev–Trinajstić information content (AvgIpc) is 3.12. The highest BCUT2D eigenvalue weighted by atomic mass is 32.1. The monoisotopic (exact) mass is 495 g/mol. The summed E-state index contributed by atoms with van der Waals surface area (Å²) in [4.78, 5) is 31.6. The van der Waals surface area contributed by atoms with Crippen LogP contribution in [0.15, 0.2) is 95.9 Å². The van der Waals surface area contributed by atoms with Crippen molar-refractivity contribution in [3.8, 4) is 0 Å². The molecule has 3 aliphatic heterocycles. The minimum atomic E-state index is -0.352. The standard InChI is InChI=1S/C30H29N3O2S/c1-5-31-27(34)23(28(35)32(6-2)29(31)36)17-16-22-18-21(20-12-8-7-9-13-20)19-26-30(3,4)24-14-10-11-15-25(24)33(22)26/h7-19H,5-6H2,1-4H3. The lowest BCUT2D eigenvalue weighted by Crippen LogP contribution is -2.55. The average molecular weight is 496 g/mol. The van der Waals surface area contributed by atoms with Crippen LogP contribution in [0.5, 0.6) is 0 Å². The highest BCUT2D eigenvalue weighted by Gasteiger charge is 2.43. The topological polar surface area (TPSA) is 43.9 Å². The first kappa shape index (κ1) is 23.9. The second-order valence-electron chi connectivity index (χ2n) is 9.53. The van der Waals surface area contributed by atoms with E-state index in [1.165, 1.54) is 15.4 Å². The van der Waals surface area contributed by atoms with Crippen LogP contribution >= 0.6 is 12.2 Å². The van der Waals surface area contributed by atoms with Crippen molar-refractivity contribution in [2.24, 2.45) is 0 Å². The second kappa shape index (κ2) is 9.03. The van der Waals surface area contributed by atoms with Crippen LogP contribution in [0.1, 0.15) is 38.8 Å². The van der Waals surface area contributed by atoms with Crippen LogP contribution in [0.4, 0.5) is 5.69 Å². The van der Waals surface area contributed by atoms with Crippen molar-refractivity contribution >= 4 is 40.4 Å². The molecule has 36 heavy (non-hydrogen) atoms. The Hall–Kier alpha value is -3.77. The van der Waals surface area contributed by atoms with Gasteiger partial charge in [-0.15, -0.1) is 0 Å². The number of anilines is 1. The number of thiocarbonyl (C=S) groups is 1. The van der Waals surface area contributed by atoms with Crippen LogP contribution in [0.2, 0.25) is 0 Å². The van der Waals surface area contributed by atoms with E-state index in [4.69, 9.17) is 12.2 Å². The molecule has 0 radical (unpaired) electrons. The van der Waals surface area contributed by atoms with Crippen LogP contribution in [-0.2, 0) is 15.0 Å². The molecule has 182 valence electrons. The van der Waals surface area contributed by atoms with Gasteiger partial charge in [-0.05, 0) is 73.1 Å². The van der Waals surface area contributed by atoms with Crippen molar-refractivity contribution in [1.29, 1.82) is 0 Å². The fraction of sp³-hybridized carbons (Fsp3) is 0.233. The number of carbonyl (C=O) groups excluding carboxylic acids is 2. The molecule has 5 nitrogen and oxygen atoms in total. The first-order valence-corrected chi connectivity index (χ1v) is 12.7. The highest BCUT2D eigenvalue weighted by molar-refractivity contribution is 7.80. The third kappa shape index (κ3) is 3.64. The van der Waals surface area contributed by atoms with Gasteiger partial charge in [-0.25, -0.2) is 0 Å². The van der Waals surface area contributed by atoms with Gasteiger partial charge in [-0.2, -0.15) is 0 Å². The number of hydrogen-bond acceptors (Lipinski definition) is 4. The van der Waals surface area contributed by atoms with Crippen molar-refractivity contribution < 1.29 is 9.59 Å². The van der Waals surface area contributed by atoms with Crippen LogP contribution < -0.4 is 4.90 Å². The van der Waals surface area contributed by atoms with Gasteiger partial charge in [0, 0.05) is 35.6 Å². The molecule has 0 unspecified atom stereocenters. The summed E-state index contributed by atoms with van der Waals surface area (Å²) >= 11 is 5.41. The van der Waals surface area contributed by atoms with Gasteiger partial charge in [-0.1, -0.05) is 62.4 Å². The van der Waals surface area contributed by atoms with Gasteiger partial charge < -0.3 is 4.90 Å². The number of amides is 2. The second-order valence-corrected chi connectivity index (χ2v) is 9.89. The minimum Gasteiger partial charge on any atom is -0.313 e. The molecule has 0 bridgehead atoms. The Bertz CT molecular complexity index is 1370. The summed E-state index contributed by atoms with van der Waals surface area (Å²) in [6, 6.07) is 18.6. The number of para-hydroxylation sites is 1. The quantitative estimate of drug-likeness (QED) is 0.316. The summed E-state index contributed by atoms with van der Waals surface area (Å²) in [5.74, 6) is -0.704. The number of allylic oxidation sites excluding steroid dienone is 6. The summed E-state index contributed by atoms with van der Waals surface area (Å²) < 4.78 is 0. The van der Waals surface area contributed by atoms with Gasteiger partial charge in [0.15, 0.2) is 5.11 Å². The van der Waals surface area contributed by atoms with Crippen LogP contribution in [0.25, 0.3) is 5.57 Å². The third-order valence-electron chi connectivity index (χ3n) is 7.13. The third-order valence-corrected chi connectivity index (χ3v) is 7.57. The zero-order valence-electron chi connectivity index (χ0n) is 21.0. The Balaban J connectivity index is 1.67. The first-order chi connectivity index (χ1) is 17.3. The SMILES string of the molecule is CCN1C(=O)C(=CC=C2C=C(c3ccccc3)C=C3N2c2ccccc2C3(C)C)C(=O)N(CC)C1=S. The predicted molar refractivity (Wildman–Crippen MR) is 148 cm³/mol. The lowest BCUT2D eigenvalue weighted by Gasteiger charge is -2.35. The van der Waals surface area contributed by atoms with Gasteiger partial charge >= 0.3 is 0 Å². The van der Waals surface area contributed by atoms with Crippen molar-refractivity contribution in [3.05, 3.63) is 107 Å². The normalized spacial score (nSPS) is 19.9. The molecule has 0 saturated carbocycles. The summed E-state index contributed by atoms with van der Waals surface area (Å²) in [5, 5.41) is 0.268. The number of fused-ring (bicyclic) bond motifs is 3. The van der Waals surface area contributed by atoms with Crippen molar-refractivity contribution in [2.45, 2.75) is 33.1 Å². The fourth-order valence-electron chi connectivity index (χ4n) is 5.17. The van der Waals surface area contributed by atoms with Gasteiger partial charge in [-0.3, -0.25) is 19.4 Å². The Labute approximate surface area is 217 Å². The maximum Gasteiger partial charge on any atom is 0.265 e. The number of carbonyl (C=O) groups is 2. The number of hydrogen-bond donors (Lipinski definition) is 0. The van der Waals surface area contributed by atoms with E-state index in [-0.39, 0.29) is 27.9 Å². The van der Waals surface area contributed by atoms with E-state index in [0.29, 0.717) is 13.1 Å². The number of rotatable bonds is 4. The van der Waals surface area contributed by atoms with Crippen LogP contribution in [0.3, 0.4) is 0 Å². The van der Waals surface area contributed by atoms with E-state index >= 15 is 0 Å². The van der Waals surface area contributed by atoms with Crippen LogP contribution in [0, 0.1) is 0 Å². The molecular weight excluding hydrogens is 466 g/mol. The molecule has 1 saturated heterocycles. The highest BCUT2D eigenvalue weighted by Crippen LogP contribution is 2.52. The fourth-order valence-corrected chi connectivity index (χ4v) is 5.60. The van der Waals surface area contributed by atoms with Crippen LogP contribution in [-0.4, -0.2) is 39.8 Å². The molecule has 2 amide bonds. The molecule has 0 spiro atoms. The van der Waals surface area contributed by atoms with Crippen molar-refractivity contribution in [1.82, 2.24) is 9.80 Å². The molecule has 1 fully saturated rings. The summed E-state index contributed by atoms with van der Waals surface area (Å²) in [5.41, 5.74) is 6.51. The molecule has 2 aromatic rings. The van der Waals surface area contributed by atoms with E-state index in [0.717, 1.165) is 28.2 Å². The summed E-state index contributed by atoms with van der Waals surface area (Å²) in [6.07, 6.45) is 7.90. The molecular formula is C30H29N3O2S. The summed E-state index contributed by atoms with van der Waals surface area (Å²) in [6.45, 7) is 9.01. The molecule has 6 heteroatoms. The summed E-state index contributed by atoms with van der Waals surface area (Å²) in [7, 11) is 0. The van der Waals surface area contributed by atoms with Gasteiger partial charge in [0.05, 0.1) is 0 Å². The molecule has 0 aromatic heterocycles. The molecule has 3 aliphatic rings. The molecule has 0 N–H and O–H groups in total. The van der Waals surface area contributed by atoms with Crippen molar-refractivity contribution in [2.75, 3.05) is 18.0 Å². The Kier molecular flexibility index (Phi) is 6.00. The molecule has 0 aliphatic carbocycles. The maximum absolute atomic E-state index is 13.2. The van der Waals surface area contributed by atoms with E-state index in [2.05, 4.69) is 61.2 Å². The number of likely N-dealkylation sites (N-methyl/N-ethyl adjacent to an activating group) is 2. The molecule has 5 rings (SSSR count). The molecule has 0 atom stereocenters. The Morgan fingerprint density at radius 2 is 1.44 bits per heavy atom. The first-order valence-electron chi connectivity index (χ1n) is 12.3. The van der Waals surface area contributed by atoms with E-state index in [1.54, 1.807) is 6.08 Å². The maximum atomic E-state index is 13.2. The minimum absolute atomic E-state index is 0.123. The van der Waals surface area contributed by atoms with Gasteiger partial charge in [0.1, 0.15) is 5.57 Å². The predicted octanol–water partition coefficient (Wildman–Crippen LogP) is 5.57. The number of benzene rings is 2. The van der Waals surface area contributed by atoms with Crippen molar-refractivity contribution in [3.63, 3.8) is 0 Å². The van der Waals surface area contributed by atoms with Gasteiger partial charge in [0.2, 0.25) is 0 Å². The Morgan fingerprint density at radius 1 is 0.833 bits per heavy atom. The van der Waals surface area contributed by atoms with Gasteiger partial charge in [0.25, 0.3) is 11.8 Å². The molecule has 2 aromatic carbocycles. The largest absolute Gasteiger partial charge is 0.313 e. The lowest BCUT2D eigenvalue weighted by atomic mass is 9.82. The zero-order chi connectivity index (χ0) is 25.6. The van der Waals surface area contributed by atoms with E-state index < -0.39 is 0 Å². The number of nitrogens with zero attached hydrogens (tertiary/aromatic N) is 3. The van der Waals surface area contributed by atoms with E-state index in [1.807, 2.05) is 44.2 Å². The lowest BCUT2D eigenvalue weighted by molar-refractivity contribution is -0.133. The zero-order valence-corrected chi connectivity index (χ0v) is 21.8. The van der Waals surface area contributed by atoms with E-state index in [9.17, 15) is 9.59 Å². The molecule has 3 heterocycles. The smallest absolute Gasteiger partial charge is 0.265 e. The Morgan fingerprint density at radius 3 is 2.08 bits per heavy atom.